The van der Waals surface area contributed by atoms with E-state index in [2.05, 4.69) is 20.0 Å². The van der Waals surface area contributed by atoms with Crippen LogP contribution in [-0.2, 0) is 6.54 Å². The lowest BCUT2D eigenvalue weighted by molar-refractivity contribution is 0.411. The number of anilines is 2. The molecule has 0 amide bonds. The van der Waals surface area contributed by atoms with Crippen LogP contribution in [0, 0.1) is 0 Å². The maximum atomic E-state index is 5.62. The minimum absolute atomic E-state index is 0.528. The molecule has 1 aromatic heterocycles. The number of hydrogen-bond acceptors (Lipinski definition) is 5. The monoisotopic (exact) mass is 190 g/mol. The first-order valence-corrected chi connectivity index (χ1v) is 4.19. The first-order valence-electron chi connectivity index (χ1n) is 4.19. The molecule has 72 valence electrons. The molecule has 5 nitrogen and oxygen atoms in total. The van der Waals surface area contributed by atoms with Crippen molar-refractivity contribution in [2.75, 3.05) is 11.1 Å². The van der Waals surface area contributed by atoms with E-state index < -0.39 is 0 Å². The molecule has 1 aromatic carbocycles. The van der Waals surface area contributed by atoms with E-state index in [4.69, 9.17) is 5.73 Å². The van der Waals surface area contributed by atoms with Gasteiger partial charge in [0.1, 0.15) is 0 Å². The smallest absolute Gasteiger partial charge is 0.213 e. The average molecular weight is 190 g/mol. The van der Waals surface area contributed by atoms with Crippen LogP contribution < -0.4 is 11.1 Å². The van der Waals surface area contributed by atoms with E-state index in [1.807, 2.05) is 24.3 Å². The summed E-state index contributed by atoms with van der Waals surface area (Å²) in [6, 6.07) is 7.49. The van der Waals surface area contributed by atoms with Crippen LogP contribution in [0.3, 0.4) is 0 Å². The Morgan fingerprint density at radius 1 is 1.43 bits per heavy atom. The lowest BCUT2D eigenvalue weighted by Crippen LogP contribution is -2.01. The molecule has 0 fully saturated rings. The van der Waals surface area contributed by atoms with Crippen LogP contribution in [0.4, 0.5) is 11.4 Å². The average Bonchev–Trinajstić information content (AvgIpc) is 2.67. The Bertz CT molecular complexity index is 399. The highest BCUT2D eigenvalue weighted by Crippen LogP contribution is 2.12. The standard InChI is InChI=1S/C9H10N4O/c10-7-2-1-3-8(4-7)11-5-9-12-6-14-13-9/h1-4,6,11H,5,10H2. The fourth-order valence-electron chi connectivity index (χ4n) is 1.10. The van der Waals surface area contributed by atoms with Gasteiger partial charge in [-0.15, -0.1) is 0 Å². The number of benzene rings is 1. The SMILES string of the molecule is Nc1cccc(NCc2ncon2)c1. The highest BCUT2D eigenvalue weighted by atomic mass is 16.5. The van der Waals surface area contributed by atoms with Gasteiger partial charge in [-0.1, -0.05) is 11.2 Å². The molecule has 2 aromatic rings. The predicted octanol–water partition coefficient (Wildman–Crippen LogP) is 1.26. The second-order valence-corrected chi connectivity index (χ2v) is 2.83. The van der Waals surface area contributed by atoms with E-state index in [-0.39, 0.29) is 0 Å². The molecule has 5 heteroatoms. The van der Waals surface area contributed by atoms with Gasteiger partial charge in [0.2, 0.25) is 6.39 Å². The molecule has 1 heterocycles. The molecule has 0 aliphatic heterocycles. The van der Waals surface area contributed by atoms with Gasteiger partial charge in [-0.3, -0.25) is 0 Å². The number of aromatic nitrogens is 2. The van der Waals surface area contributed by atoms with Crippen LogP contribution in [0.25, 0.3) is 0 Å². The number of nitrogen functional groups attached to an aromatic ring is 1. The van der Waals surface area contributed by atoms with E-state index in [1.165, 1.54) is 6.39 Å². The van der Waals surface area contributed by atoms with Crippen LogP contribution >= 0.6 is 0 Å². The summed E-state index contributed by atoms with van der Waals surface area (Å²) < 4.78 is 4.60. The molecular formula is C9H10N4O. The van der Waals surface area contributed by atoms with Crippen LogP contribution in [-0.4, -0.2) is 10.1 Å². The van der Waals surface area contributed by atoms with Crippen molar-refractivity contribution in [2.45, 2.75) is 6.54 Å². The first-order chi connectivity index (χ1) is 6.84. The summed E-state index contributed by atoms with van der Waals surface area (Å²) in [7, 11) is 0. The molecule has 3 N–H and O–H groups in total. The summed E-state index contributed by atoms with van der Waals surface area (Å²) >= 11 is 0. The van der Waals surface area contributed by atoms with Crippen molar-refractivity contribution in [2.24, 2.45) is 0 Å². The van der Waals surface area contributed by atoms with E-state index in [0.29, 0.717) is 12.4 Å². The van der Waals surface area contributed by atoms with E-state index in [1.54, 1.807) is 0 Å². The summed E-state index contributed by atoms with van der Waals surface area (Å²) in [5, 5.41) is 6.80. The minimum atomic E-state index is 0.528. The number of hydrogen-bond donors (Lipinski definition) is 2. The molecule has 0 aliphatic rings. The summed E-state index contributed by atoms with van der Waals surface area (Å²) in [6.07, 6.45) is 1.30. The molecule has 2 rings (SSSR count). The van der Waals surface area contributed by atoms with Crippen molar-refractivity contribution >= 4 is 11.4 Å². The molecule has 0 atom stereocenters. The van der Waals surface area contributed by atoms with Gasteiger partial charge in [-0.25, -0.2) is 0 Å². The zero-order chi connectivity index (χ0) is 9.80. The summed E-state index contributed by atoms with van der Waals surface area (Å²) in [5.41, 5.74) is 7.28. The molecule has 14 heavy (non-hydrogen) atoms. The van der Waals surface area contributed by atoms with Gasteiger partial charge in [0.15, 0.2) is 5.82 Å². The third-order valence-electron chi connectivity index (χ3n) is 1.74. The van der Waals surface area contributed by atoms with E-state index in [0.717, 1.165) is 11.4 Å². The topological polar surface area (TPSA) is 77.0 Å². The Kier molecular flexibility index (Phi) is 2.31. The highest BCUT2D eigenvalue weighted by Gasteiger charge is 1.97. The van der Waals surface area contributed by atoms with Crippen molar-refractivity contribution in [1.29, 1.82) is 0 Å². The van der Waals surface area contributed by atoms with Crippen LogP contribution in [0.2, 0.25) is 0 Å². The predicted molar refractivity (Wildman–Crippen MR) is 52.5 cm³/mol. The molecule has 0 bridgehead atoms. The fraction of sp³-hybridized carbons (Fsp3) is 0.111. The first kappa shape index (κ1) is 8.55. The van der Waals surface area contributed by atoms with Gasteiger partial charge in [0.25, 0.3) is 0 Å². The third-order valence-corrected chi connectivity index (χ3v) is 1.74. The van der Waals surface area contributed by atoms with Gasteiger partial charge in [0.05, 0.1) is 6.54 Å². The van der Waals surface area contributed by atoms with Gasteiger partial charge < -0.3 is 15.6 Å². The molecule has 0 radical (unpaired) electrons. The van der Waals surface area contributed by atoms with E-state index in [9.17, 15) is 0 Å². The largest absolute Gasteiger partial charge is 0.399 e. The number of nitrogens with two attached hydrogens (primary N) is 1. The van der Waals surface area contributed by atoms with Crippen molar-refractivity contribution in [1.82, 2.24) is 10.1 Å². The van der Waals surface area contributed by atoms with Crippen molar-refractivity contribution in [3.05, 3.63) is 36.5 Å². The van der Waals surface area contributed by atoms with Gasteiger partial charge in [0, 0.05) is 11.4 Å². The Balaban J connectivity index is 1.98. The quantitative estimate of drug-likeness (QED) is 0.712. The van der Waals surface area contributed by atoms with E-state index >= 15 is 0 Å². The normalized spacial score (nSPS) is 10.0. The molecule has 0 saturated carbocycles. The number of rotatable bonds is 3. The molecular weight excluding hydrogens is 180 g/mol. The summed E-state index contributed by atoms with van der Waals surface area (Å²) in [6.45, 7) is 0.528. The zero-order valence-electron chi connectivity index (χ0n) is 7.47. The maximum absolute atomic E-state index is 5.62. The molecule has 0 aliphatic carbocycles. The lowest BCUT2D eigenvalue weighted by atomic mass is 10.3. The van der Waals surface area contributed by atoms with Crippen LogP contribution in [0.15, 0.2) is 35.2 Å². The van der Waals surface area contributed by atoms with Gasteiger partial charge >= 0.3 is 0 Å². The summed E-state index contributed by atoms with van der Waals surface area (Å²) in [5.74, 6) is 0.618. The summed E-state index contributed by atoms with van der Waals surface area (Å²) in [4.78, 5) is 3.88. The number of nitrogens with zero attached hydrogens (tertiary/aromatic N) is 2. The van der Waals surface area contributed by atoms with Crippen LogP contribution in [0.5, 0.6) is 0 Å². The Hall–Kier alpha value is -2.04. The van der Waals surface area contributed by atoms with Gasteiger partial charge in [-0.05, 0) is 18.2 Å². The highest BCUT2D eigenvalue weighted by molar-refractivity contribution is 5.53. The minimum Gasteiger partial charge on any atom is -0.399 e. The Morgan fingerprint density at radius 2 is 2.36 bits per heavy atom. The van der Waals surface area contributed by atoms with Crippen molar-refractivity contribution < 1.29 is 4.52 Å². The second-order valence-electron chi connectivity index (χ2n) is 2.83. The van der Waals surface area contributed by atoms with Crippen molar-refractivity contribution in [3.8, 4) is 0 Å². The van der Waals surface area contributed by atoms with Crippen LogP contribution in [0.1, 0.15) is 5.82 Å². The lowest BCUT2D eigenvalue weighted by Gasteiger charge is -2.03. The molecule has 0 spiro atoms. The second kappa shape index (κ2) is 3.78. The maximum Gasteiger partial charge on any atom is 0.213 e. The number of nitrogens with one attached hydrogen (secondary N) is 1. The zero-order valence-corrected chi connectivity index (χ0v) is 7.47. The fourth-order valence-corrected chi connectivity index (χ4v) is 1.10. The van der Waals surface area contributed by atoms with Gasteiger partial charge in [-0.2, -0.15) is 4.98 Å². The van der Waals surface area contributed by atoms with Crippen molar-refractivity contribution in [3.63, 3.8) is 0 Å². The third kappa shape index (κ3) is 2.01. The Morgan fingerprint density at radius 3 is 3.07 bits per heavy atom. The Labute approximate surface area is 80.9 Å². The molecule has 0 saturated heterocycles. The molecule has 0 unspecified atom stereocenters.